The monoisotopic (exact) mass is 254 g/mol. The molecule has 0 bridgehead atoms. The first-order valence-corrected chi connectivity index (χ1v) is 6.35. The van der Waals surface area contributed by atoms with E-state index in [4.69, 9.17) is 16.3 Å². The van der Waals surface area contributed by atoms with Gasteiger partial charge in [0, 0.05) is 25.7 Å². The van der Waals surface area contributed by atoms with Crippen LogP contribution >= 0.6 is 11.6 Å². The van der Waals surface area contributed by atoms with Crippen LogP contribution in [0.4, 0.5) is 0 Å². The number of ether oxygens (including phenoxy) is 1. The SMILES string of the molecule is COc1cc(C)c(CC2CNCCN2)cc1Cl. The number of hydrogen-bond acceptors (Lipinski definition) is 3. The zero-order valence-corrected chi connectivity index (χ0v) is 11.1. The molecule has 2 rings (SSSR count). The second-order valence-corrected chi connectivity index (χ2v) is 4.88. The van der Waals surface area contributed by atoms with Gasteiger partial charge in [0.05, 0.1) is 12.1 Å². The molecule has 3 nitrogen and oxygen atoms in total. The quantitative estimate of drug-likeness (QED) is 0.863. The molecule has 1 aromatic carbocycles. The molecule has 1 atom stereocenters. The maximum atomic E-state index is 6.16. The average Bonchev–Trinajstić information content (AvgIpc) is 2.34. The fourth-order valence-corrected chi connectivity index (χ4v) is 2.46. The van der Waals surface area contributed by atoms with Gasteiger partial charge < -0.3 is 15.4 Å². The van der Waals surface area contributed by atoms with E-state index in [-0.39, 0.29) is 0 Å². The van der Waals surface area contributed by atoms with E-state index < -0.39 is 0 Å². The van der Waals surface area contributed by atoms with E-state index in [9.17, 15) is 0 Å². The highest BCUT2D eigenvalue weighted by molar-refractivity contribution is 6.32. The molecule has 1 unspecified atom stereocenters. The molecule has 0 saturated carbocycles. The molecule has 0 aromatic heterocycles. The fraction of sp³-hybridized carbons (Fsp3) is 0.538. The van der Waals surface area contributed by atoms with Crippen molar-refractivity contribution in [3.63, 3.8) is 0 Å². The summed E-state index contributed by atoms with van der Waals surface area (Å²) in [5.41, 5.74) is 2.52. The van der Waals surface area contributed by atoms with Crippen LogP contribution in [0.3, 0.4) is 0 Å². The van der Waals surface area contributed by atoms with Crippen molar-refractivity contribution in [2.45, 2.75) is 19.4 Å². The van der Waals surface area contributed by atoms with E-state index in [1.165, 1.54) is 11.1 Å². The van der Waals surface area contributed by atoms with Gasteiger partial charge in [-0.3, -0.25) is 0 Å². The lowest BCUT2D eigenvalue weighted by molar-refractivity contribution is 0.410. The number of methoxy groups -OCH3 is 1. The number of nitrogens with one attached hydrogen (secondary N) is 2. The Labute approximate surface area is 107 Å². The standard InChI is InChI=1S/C13H19ClN2O/c1-9-5-13(17-2)12(14)7-10(9)6-11-8-15-3-4-16-11/h5,7,11,15-16H,3-4,6,8H2,1-2H3. The van der Waals surface area contributed by atoms with Gasteiger partial charge in [-0.05, 0) is 36.6 Å². The third kappa shape index (κ3) is 3.12. The van der Waals surface area contributed by atoms with Gasteiger partial charge in [0.1, 0.15) is 5.75 Å². The van der Waals surface area contributed by atoms with Crippen LogP contribution < -0.4 is 15.4 Å². The van der Waals surface area contributed by atoms with E-state index in [1.54, 1.807) is 7.11 Å². The summed E-state index contributed by atoms with van der Waals surface area (Å²) in [6.07, 6.45) is 1.00. The molecule has 1 aliphatic rings. The number of benzene rings is 1. The molecule has 1 heterocycles. The Balaban J connectivity index is 2.12. The lowest BCUT2D eigenvalue weighted by Crippen LogP contribution is -2.49. The predicted molar refractivity (Wildman–Crippen MR) is 71.1 cm³/mol. The minimum absolute atomic E-state index is 0.493. The number of rotatable bonds is 3. The molecular formula is C13H19ClN2O. The Morgan fingerprint density at radius 1 is 1.41 bits per heavy atom. The largest absolute Gasteiger partial charge is 0.495 e. The summed E-state index contributed by atoms with van der Waals surface area (Å²) in [7, 11) is 1.65. The number of hydrogen-bond donors (Lipinski definition) is 2. The molecule has 17 heavy (non-hydrogen) atoms. The first kappa shape index (κ1) is 12.7. The summed E-state index contributed by atoms with van der Waals surface area (Å²) in [5.74, 6) is 0.752. The van der Waals surface area contributed by atoms with Gasteiger partial charge in [-0.25, -0.2) is 0 Å². The van der Waals surface area contributed by atoms with Crippen molar-refractivity contribution < 1.29 is 4.74 Å². The molecule has 0 amide bonds. The lowest BCUT2D eigenvalue weighted by Gasteiger charge is -2.25. The number of halogens is 1. The topological polar surface area (TPSA) is 33.3 Å². The molecule has 1 aliphatic heterocycles. The molecular weight excluding hydrogens is 236 g/mol. The predicted octanol–water partition coefficient (Wildman–Crippen LogP) is 1.76. The molecule has 0 spiro atoms. The highest BCUT2D eigenvalue weighted by Crippen LogP contribution is 2.28. The Bertz CT molecular complexity index is 389. The molecule has 0 aliphatic carbocycles. The molecule has 1 saturated heterocycles. The van der Waals surface area contributed by atoms with Crippen LogP contribution in [0.15, 0.2) is 12.1 Å². The van der Waals surface area contributed by atoms with Crippen molar-refractivity contribution in [2.75, 3.05) is 26.7 Å². The van der Waals surface area contributed by atoms with Crippen LogP contribution in [0, 0.1) is 6.92 Å². The highest BCUT2D eigenvalue weighted by atomic mass is 35.5. The van der Waals surface area contributed by atoms with Crippen molar-refractivity contribution in [2.24, 2.45) is 0 Å². The number of piperazine rings is 1. The molecule has 2 N–H and O–H groups in total. The van der Waals surface area contributed by atoms with Crippen LogP contribution in [0.2, 0.25) is 5.02 Å². The maximum Gasteiger partial charge on any atom is 0.137 e. The van der Waals surface area contributed by atoms with Crippen molar-refractivity contribution in [1.82, 2.24) is 10.6 Å². The van der Waals surface area contributed by atoms with E-state index >= 15 is 0 Å². The van der Waals surface area contributed by atoms with Crippen molar-refractivity contribution in [3.05, 3.63) is 28.3 Å². The van der Waals surface area contributed by atoms with Crippen molar-refractivity contribution >= 4 is 11.6 Å². The van der Waals surface area contributed by atoms with E-state index in [2.05, 4.69) is 17.6 Å². The van der Waals surface area contributed by atoms with Gasteiger partial charge in [-0.1, -0.05) is 11.6 Å². The smallest absolute Gasteiger partial charge is 0.137 e. The lowest BCUT2D eigenvalue weighted by atomic mass is 10.00. The summed E-state index contributed by atoms with van der Waals surface area (Å²) in [6.45, 7) is 5.21. The number of aryl methyl sites for hydroxylation is 1. The average molecular weight is 255 g/mol. The van der Waals surface area contributed by atoms with E-state index in [1.807, 2.05) is 12.1 Å². The molecule has 1 aromatic rings. The summed E-state index contributed by atoms with van der Waals surface area (Å²) >= 11 is 6.16. The maximum absolute atomic E-state index is 6.16. The van der Waals surface area contributed by atoms with Crippen LogP contribution in [-0.2, 0) is 6.42 Å². The van der Waals surface area contributed by atoms with Gasteiger partial charge in [-0.15, -0.1) is 0 Å². The summed E-state index contributed by atoms with van der Waals surface area (Å²) in [6, 6.07) is 4.52. The van der Waals surface area contributed by atoms with Gasteiger partial charge in [-0.2, -0.15) is 0 Å². The van der Waals surface area contributed by atoms with Crippen molar-refractivity contribution in [3.8, 4) is 5.75 Å². The zero-order chi connectivity index (χ0) is 12.3. The van der Waals surface area contributed by atoms with Crippen LogP contribution in [-0.4, -0.2) is 32.8 Å². The molecule has 0 radical (unpaired) electrons. The second kappa shape index (κ2) is 5.71. The van der Waals surface area contributed by atoms with Crippen LogP contribution in [0.25, 0.3) is 0 Å². The first-order chi connectivity index (χ1) is 8.20. The normalized spacial score (nSPS) is 20.3. The van der Waals surface area contributed by atoms with Crippen LogP contribution in [0.1, 0.15) is 11.1 Å². The first-order valence-electron chi connectivity index (χ1n) is 5.98. The summed E-state index contributed by atoms with van der Waals surface area (Å²) < 4.78 is 5.21. The van der Waals surface area contributed by atoms with Crippen molar-refractivity contribution in [1.29, 1.82) is 0 Å². The highest BCUT2D eigenvalue weighted by Gasteiger charge is 2.15. The van der Waals surface area contributed by atoms with Gasteiger partial charge in [0.25, 0.3) is 0 Å². The van der Waals surface area contributed by atoms with Crippen LogP contribution in [0.5, 0.6) is 5.75 Å². The molecule has 1 fully saturated rings. The third-order valence-electron chi connectivity index (χ3n) is 3.20. The third-order valence-corrected chi connectivity index (χ3v) is 3.50. The minimum atomic E-state index is 0.493. The van der Waals surface area contributed by atoms with Gasteiger partial charge in [0.15, 0.2) is 0 Å². The second-order valence-electron chi connectivity index (χ2n) is 4.47. The zero-order valence-electron chi connectivity index (χ0n) is 10.3. The van der Waals surface area contributed by atoms with Gasteiger partial charge in [0.2, 0.25) is 0 Å². The summed E-state index contributed by atoms with van der Waals surface area (Å²) in [4.78, 5) is 0. The Morgan fingerprint density at radius 2 is 2.24 bits per heavy atom. The summed E-state index contributed by atoms with van der Waals surface area (Å²) in [5, 5.41) is 7.59. The Hall–Kier alpha value is -0.770. The van der Waals surface area contributed by atoms with E-state index in [0.717, 1.165) is 31.8 Å². The fourth-order valence-electron chi connectivity index (χ4n) is 2.20. The Kier molecular flexibility index (Phi) is 4.26. The van der Waals surface area contributed by atoms with Gasteiger partial charge >= 0.3 is 0 Å². The molecule has 94 valence electrons. The minimum Gasteiger partial charge on any atom is -0.495 e. The molecule has 4 heteroatoms. The van der Waals surface area contributed by atoms with E-state index in [0.29, 0.717) is 11.1 Å². The Morgan fingerprint density at radius 3 is 2.88 bits per heavy atom.